The van der Waals surface area contributed by atoms with E-state index in [2.05, 4.69) is 9.88 Å². The van der Waals surface area contributed by atoms with E-state index in [-0.39, 0.29) is 16.4 Å². The minimum absolute atomic E-state index is 0.0639. The maximum absolute atomic E-state index is 13.5. The lowest BCUT2D eigenvalue weighted by atomic mass is 10.2. The second-order valence-electron chi connectivity index (χ2n) is 7.78. The van der Waals surface area contributed by atoms with E-state index < -0.39 is 14.9 Å². The highest BCUT2D eigenvalue weighted by atomic mass is 32.2. The third-order valence-electron chi connectivity index (χ3n) is 5.71. The second kappa shape index (κ2) is 7.64. The monoisotopic (exact) mass is 467 g/mol. The van der Waals surface area contributed by atoms with Gasteiger partial charge in [-0.15, -0.1) is 0 Å². The van der Waals surface area contributed by atoms with Crippen LogP contribution < -0.4 is 10.0 Å². The van der Waals surface area contributed by atoms with Gasteiger partial charge in [-0.2, -0.15) is 0 Å². The first-order valence-corrected chi connectivity index (χ1v) is 11.6. The van der Waals surface area contributed by atoms with Crippen molar-refractivity contribution < 1.29 is 17.7 Å². The number of rotatable bonds is 5. The van der Waals surface area contributed by atoms with Gasteiger partial charge in [0.25, 0.3) is 5.69 Å². The number of benzene rings is 3. The Morgan fingerprint density at radius 1 is 1.09 bits per heavy atom. The molecule has 2 heterocycles. The number of halogens is 1. The number of nitrogens with zero attached hydrogens (tertiary/aromatic N) is 4. The summed E-state index contributed by atoms with van der Waals surface area (Å²) in [7, 11) is -3.80. The molecule has 168 valence electrons. The van der Waals surface area contributed by atoms with E-state index in [1.165, 1.54) is 30.3 Å². The van der Waals surface area contributed by atoms with Crippen LogP contribution in [0.3, 0.4) is 0 Å². The highest BCUT2D eigenvalue weighted by Gasteiger charge is 2.24. The molecule has 0 unspecified atom stereocenters. The number of imidazole rings is 1. The van der Waals surface area contributed by atoms with Gasteiger partial charge in [-0.05, 0) is 60.5 Å². The van der Waals surface area contributed by atoms with E-state index >= 15 is 0 Å². The first-order valence-electron chi connectivity index (χ1n) is 10.0. The molecule has 0 bridgehead atoms. The number of primary sulfonamides is 1. The van der Waals surface area contributed by atoms with Gasteiger partial charge in [-0.3, -0.25) is 14.7 Å². The van der Waals surface area contributed by atoms with Crippen LogP contribution in [0.5, 0.6) is 0 Å². The summed E-state index contributed by atoms with van der Waals surface area (Å²) in [6.45, 7) is 0.998. The van der Waals surface area contributed by atoms with E-state index in [1.54, 1.807) is 30.3 Å². The number of non-ortho nitro benzene ring substituents is 1. The summed E-state index contributed by atoms with van der Waals surface area (Å²) in [6, 6.07) is 15.2. The Kier molecular flexibility index (Phi) is 4.87. The summed E-state index contributed by atoms with van der Waals surface area (Å²) >= 11 is 0. The van der Waals surface area contributed by atoms with Gasteiger partial charge < -0.3 is 4.90 Å². The number of nitro benzene ring substituents is 1. The fourth-order valence-corrected chi connectivity index (χ4v) is 4.74. The van der Waals surface area contributed by atoms with Crippen molar-refractivity contribution in [3.63, 3.8) is 0 Å². The van der Waals surface area contributed by atoms with Crippen molar-refractivity contribution in [3.05, 3.63) is 88.0 Å². The van der Waals surface area contributed by atoms with Gasteiger partial charge in [0.2, 0.25) is 10.0 Å². The molecule has 0 saturated heterocycles. The largest absolute Gasteiger partial charge is 0.363 e. The minimum Gasteiger partial charge on any atom is -0.363 e. The normalized spacial score (nSPS) is 13.5. The van der Waals surface area contributed by atoms with Crippen molar-refractivity contribution in [2.24, 2.45) is 5.14 Å². The molecular weight excluding hydrogens is 449 g/mol. The summed E-state index contributed by atoms with van der Waals surface area (Å²) in [5.41, 5.74) is 3.44. The van der Waals surface area contributed by atoms with Gasteiger partial charge in [0.05, 0.1) is 27.4 Å². The number of hydrogen-bond donors (Lipinski definition) is 1. The minimum atomic E-state index is -3.80. The van der Waals surface area contributed by atoms with Crippen molar-refractivity contribution >= 4 is 32.4 Å². The smallest absolute Gasteiger partial charge is 0.271 e. The Hall–Kier alpha value is -3.83. The van der Waals surface area contributed by atoms with E-state index in [9.17, 15) is 22.9 Å². The Morgan fingerprint density at radius 2 is 1.85 bits per heavy atom. The zero-order chi connectivity index (χ0) is 23.3. The summed E-state index contributed by atoms with van der Waals surface area (Å²) in [6.07, 6.45) is 0.640. The van der Waals surface area contributed by atoms with Gasteiger partial charge in [0.1, 0.15) is 11.6 Å². The summed E-state index contributed by atoms with van der Waals surface area (Å²) in [5.74, 6) is 0.236. The third-order valence-corrected chi connectivity index (χ3v) is 6.62. The molecule has 0 aliphatic carbocycles. The first-order chi connectivity index (χ1) is 15.7. The molecule has 2 N–H and O–H groups in total. The van der Waals surface area contributed by atoms with Crippen LogP contribution in [0.15, 0.2) is 65.6 Å². The lowest BCUT2D eigenvalue weighted by Crippen LogP contribution is -2.22. The summed E-state index contributed by atoms with van der Waals surface area (Å²) in [5, 5.41) is 16.5. The van der Waals surface area contributed by atoms with E-state index in [1.807, 2.05) is 4.57 Å². The predicted molar refractivity (Wildman–Crippen MR) is 120 cm³/mol. The molecule has 0 radical (unpaired) electrons. The number of hydrogen-bond acceptors (Lipinski definition) is 6. The van der Waals surface area contributed by atoms with Crippen LogP contribution in [-0.4, -0.2) is 29.4 Å². The highest BCUT2D eigenvalue weighted by Crippen LogP contribution is 2.33. The van der Waals surface area contributed by atoms with E-state index in [0.717, 1.165) is 11.3 Å². The average Bonchev–Trinajstić information content (AvgIpc) is 3.34. The van der Waals surface area contributed by atoms with Crippen LogP contribution in [0.2, 0.25) is 0 Å². The number of nitro groups is 1. The lowest BCUT2D eigenvalue weighted by Gasteiger charge is -2.20. The maximum Gasteiger partial charge on any atom is 0.271 e. The quantitative estimate of drug-likeness (QED) is 0.355. The molecule has 9 nitrogen and oxygen atoms in total. The third kappa shape index (κ3) is 3.81. The van der Waals surface area contributed by atoms with Gasteiger partial charge >= 0.3 is 0 Å². The van der Waals surface area contributed by atoms with Crippen molar-refractivity contribution in [1.29, 1.82) is 0 Å². The fraction of sp³-hybridized carbons (Fsp3) is 0.136. The van der Waals surface area contributed by atoms with Crippen LogP contribution >= 0.6 is 0 Å². The molecule has 5 rings (SSSR count). The fourth-order valence-electron chi connectivity index (χ4n) is 4.17. The van der Waals surface area contributed by atoms with E-state index in [4.69, 9.17) is 5.14 Å². The molecule has 4 aromatic rings. The van der Waals surface area contributed by atoms with Crippen LogP contribution in [0.1, 0.15) is 11.4 Å². The number of aromatic nitrogens is 2. The maximum atomic E-state index is 13.5. The van der Waals surface area contributed by atoms with Gasteiger partial charge in [-0.1, -0.05) is 0 Å². The average molecular weight is 467 g/mol. The molecule has 3 aromatic carbocycles. The first kappa shape index (κ1) is 21.0. The zero-order valence-corrected chi connectivity index (χ0v) is 18.0. The number of nitrogens with two attached hydrogens (primary N) is 1. The van der Waals surface area contributed by atoms with E-state index in [0.29, 0.717) is 42.1 Å². The van der Waals surface area contributed by atoms with Crippen LogP contribution in [0.25, 0.3) is 16.7 Å². The van der Waals surface area contributed by atoms with Gasteiger partial charge in [0.15, 0.2) is 0 Å². The summed E-state index contributed by atoms with van der Waals surface area (Å²) < 4.78 is 38.7. The Morgan fingerprint density at radius 3 is 2.55 bits per heavy atom. The van der Waals surface area contributed by atoms with Crippen molar-refractivity contribution in [2.45, 2.75) is 17.9 Å². The molecule has 1 aromatic heterocycles. The number of sulfonamides is 1. The van der Waals surface area contributed by atoms with Crippen LogP contribution in [0, 0.1) is 15.9 Å². The van der Waals surface area contributed by atoms with Gasteiger partial charge in [-0.25, -0.2) is 22.9 Å². The molecule has 11 heteroatoms. The van der Waals surface area contributed by atoms with Crippen molar-refractivity contribution in [2.75, 3.05) is 11.4 Å². The van der Waals surface area contributed by atoms with Crippen LogP contribution in [0.4, 0.5) is 15.8 Å². The summed E-state index contributed by atoms with van der Waals surface area (Å²) in [4.78, 5) is 17.5. The Balaban J connectivity index is 1.59. The SMILES string of the molecule is NS(=O)(=O)c1ccc2c(c1)CCN2Cc1nc2cc([N+](=O)[O-])ccc2n1-c1ccc(F)cc1. The van der Waals surface area contributed by atoms with Crippen molar-refractivity contribution in [1.82, 2.24) is 9.55 Å². The molecule has 0 fully saturated rings. The molecule has 0 spiro atoms. The lowest BCUT2D eigenvalue weighted by molar-refractivity contribution is -0.384. The predicted octanol–water partition coefficient (Wildman–Crippen LogP) is 3.28. The Bertz CT molecular complexity index is 1520. The molecule has 0 atom stereocenters. The molecule has 0 saturated carbocycles. The molecule has 1 aliphatic rings. The molecule has 33 heavy (non-hydrogen) atoms. The molecule has 0 amide bonds. The standard InChI is InChI=1S/C22H18FN5O4S/c23-15-1-3-16(4-2-15)27-21-7-5-17(28(29)30)12-19(21)25-22(27)13-26-10-9-14-11-18(33(24,31)32)6-8-20(14)26/h1-8,11-12H,9-10,13H2,(H2,24,31,32). The van der Waals surface area contributed by atoms with Crippen molar-refractivity contribution in [3.8, 4) is 5.69 Å². The topological polar surface area (TPSA) is 124 Å². The number of anilines is 1. The second-order valence-corrected chi connectivity index (χ2v) is 9.34. The molecule has 1 aliphatic heterocycles. The van der Waals surface area contributed by atoms with Gasteiger partial charge in [0, 0.05) is 30.1 Å². The van der Waals surface area contributed by atoms with Crippen LogP contribution in [-0.2, 0) is 23.0 Å². The molecular formula is C22H18FN5O4S. The zero-order valence-electron chi connectivity index (χ0n) is 17.2. The highest BCUT2D eigenvalue weighted by molar-refractivity contribution is 7.89. The number of fused-ring (bicyclic) bond motifs is 2. The Labute approximate surface area is 188 Å².